The molecule has 5 rings (SSSR count). The lowest BCUT2D eigenvalue weighted by atomic mass is 10.2. The number of hydrogen-bond donors (Lipinski definition) is 0. The molecule has 3 aromatic heterocycles. The Bertz CT molecular complexity index is 1090. The van der Waals surface area contributed by atoms with Crippen LogP contribution in [0.5, 0.6) is 0 Å². The van der Waals surface area contributed by atoms with Crippen molar-refractivity contribution in [3.63, 3.8) is 0 Å². The molecule has 4 aromatic rings. The minimum Gasteiger partial charge on any atom is -0.347 e. The van der Waals surface area contributed by atoms with Gasteiger partial charge in [0.1, 0.15) is 5.82 Å². The maximum absolute atomic E-state index is 5.27. The summed E-state index contributed by atoms with van der Waals surface area (Å²) < 4.78 is 7.45. The molecule has 0 atom stereocenters. The van der Waals surface area contributed by atoms with E-state index in [1.54, 1.807) is 13.1 Å². The van der Waals surface area contributed by atoms with Crippen molar-refractivity contribution in [2.75, 3.05) is 11.4 Å². The summed E-state index contributed by atoms with van der Waals surface area (Å²) in [5.74, 6) is 3.82. The first-order valence-electron chi connectivity index (χ1n) is 8.77. The third-order valence-electron chi connectivity index (χ3n) is 4.63. The molecular formula is C19H17N7O. The van der Waals surface area contributed by atoms with Gasteiger partial charge < -0.3 is 14.0 Å². The zero-order valence-corrected chi connectivity index (χ0v) is 14.8. The highest BCUT2D eigenvalue weighted by molar-refractivity contribution is 5.59. The van der Waals surface area contributed by atoms with E-state index in [-0.39, 0.29) is 0 Å². The van der Waals surface area contributed by atoms with Crippen LogP contribution in [-0.4, -0.2) is 36.4 Å². The molecular weight excluding hydrogens is 342 g/mol. The minimum absolute atomic E-state index is 0.502. The fourth-order valence-corrected chi connectivity index (χ4v) is 3.29. The standard InChI is InChI=1S/C19H17N7O/c1-13-21-19(27-24-13)15-7-8-20-16(11-15)25-9-10-26-17(12-25)22-23-18(26)14-5-3-2-4-6-14/h2-8,11H,9-10,12H2,1H3. The summed E-state index contributed by atoms with van der Waals surface area (Å²) in [5, 5.41) is 12.6. The van der Waals surface area contributed by atoms with Gasteiger partial charge in [0.2, 0.25) is 0 Å². The molecule has 1 aliphatic heterocycles. The number of rotatable bonds is 3. The molecule has 8 nitrogen and oxygen atoms in total. The zero-order valence-electron chi connectivity index (χ0n) is 14.8. The summed E-state index contributed by atoms with van der Waals surface area (Å²) in [4.78, 5) is 11.0. The molecule has 0 saturated heterocycles. The van der Waals surface area contributed by atoms with Gasteiger partial charge in [-0.2, -0.15) is 4.98 Å². The number of hydrogen-bond acceptors (Lipinski definition) is 7. The highest BCUT2D eigenvalue weighted by Crippen LogP contribution is 2.26. The van der Waals surface area contributed by atoms with E-state index in [0.717, 1.165) is 41.7 Å². The van der Waals surface area contributed by atoms with Gasteiger partial charge in [-0.15, -0.1) is 10.2 Å². The van der Waals surface area contributed by atoms with Crippen molar-refractivity contribution in [1.82, 2.24) is 29.9 Å². The molecule has 0 aliphatic carbocycles. The van der Waals surface area contributed by atoms with E-state index in [1.807, 2.05) is 30.3 Å². The third-order valence-corrected chi connectivity index (χ3v) is 4.63. The van der Waals surface area contributed by atoms with E-state index in [0.29, 0.717) is 18.3 Å². The molecule has 27 heavy (non-hydrogen) atoms. The van der Waals surface area contributed by atoms with E-state index in [4.69, 9.17) is 4.52 Å². The smallest absolute Gasteiger partial charge is 0.258 e. The van der Waals surface area contributed by atoms with Crippen LogP contribution in [-0.2, 0) is 13.1 Å². The Hall–Kier alpha value is -3.55. The Labute approximate surface area is 155 Å². The molecule has 0 fully saturated rings. The molecule has 0 unspecified atom stereocenters. The second kappa shape index (κ2) is 6.31. The quantitative estimate of drug-likeness (QED) is 0.556. The lowest BCUT2D eigenvalue weighted by Gasteiger charge is -2.28. The number of anilines is 1. The van der Waals surface area contributed by atoms with Crippen LogP contribution in [0, 0.1) is 6.92 Å². The van der Waals surface area contributed by atoms with Crippen LogP contribution < -0.4 is 4.90 Å². The molecule has 8 heteroatoms. The molecule has 134 valence electrons. The number of fused-ring (bicyclic) bond motifs is 1. The Kier molecular flexibility index (Phi) is 3.67. The number of pyridine rings is 1. The molecule has 0 radical (unpaired) electrons. The molecule has 1 aliphatic rings. The second-order valence-corrected chi connectivity index (χ2v) is 6.43. The van der Waals surface area contributed by atoms with Crippen LogP contribution in [0.1, 0.15) is 11.6 Å². The second-order valence-electron chi connectivity index (χ2n) is 6.43. The van der Waals surface area contributed by atoms with Gasteiger partial charge in [-0.1, -0.05) is 35.5 Å². The molecule has 0 spiro atoms. The van der Waals surface area contributed by atoms with Gasteiger partial charge >= 0.3 is 0 Å². The van der Waals surface area contributed by atoms with Gasteiger partial charge in [0.05, 0.1) is 6.54 Å². The fourth-order valence-electron chi connectivity index (χ4n) is 3.29. The first-order valence-corrected chi connectivity index (χ1v) is 8.77. The van der Waals surface area contributed by atoms with Crippen LogP contribution in [0.15, 0.2) is 53.2 Å². The van der Waals surface area contributed by atoms with Crippen LogP contribution in [0.4, 0.5) is 5.82 Å². The van der Waals surface area contributed by atoms with Crippen molar-refractivity contribution in [3.05, 3.63) is 60.3 Å². The maximum atomic E-state index is 5.27. The van der Waals surface area contributed by atoms with Gasteiger partial charge in [0, 0.05) is 30.4 Å². The van der Waals surface area contributed by atoms with Gasteiger partial charge in [-0.25, -0.2) is 4.98 Å². The third kappa shape index (κ3) is 2.84. The van der Waals surface area contributed by atoms with Crippen LogP contribution in [0.3, 0.4) is 0 Å². The number of nitrogens with zero attached hydrogens (tertiary/aromatic N) is 7. The largest absolute Gasteiger partial charge is 0.347 e. The first kappa shape index (κ1) is 15.7. The van der Waals surface area contributed by atoms with Crippen molar-refractivity contribution < 1.29 is 4.52 Å². The van der Waals surface area contributed by atoms with E-state index >= 15 is 0 Å². The summed E-state index contributed by atoms with van der Waals surface area (Å²) in [6.07, 6.45) is 1.76. The van der Waals surface area contributed by atoms with E-state index in [2.05, 4.69) is 46.9 Å². The van der Waals surface area contributed by atoms with E-state index in [1.165, 1.54) is 0 Å². The van der Waals surface area contributed by atoms with Crippen molar-refractivity contribution >= 4 is 5.82 Å². The van der Waals surface area contributed by atoms with Crippen molar-refractivity contribution in [1.29, 1.82) is 0 Å². The predicted octanol–water partition coefficient (Wildman–Crippen LogP) is 2.72. The highest BCUT2D eigenvalue weighted by Gasteiger charge is 2.23. The van der Waals surface area contributed by atoms with Crippen molar-refractivity contribution in [2.45, 2.75) is 20.0 Å². The Morgan fingerprint density at radius 2 is 1.89 bits per heavy atom. The van der Waals surface area contributed by atoms with Gasteiger partial charge in [-0.05, 0) is 19.1 Å². The SMILES string of the molecule is Cc1noc(-c2ccnc(N3CCn4c(nnc4-c4ccccc4)C3)c2)n1. The van der Waals surface area contributed by atoms with Crippen LogP contribution in [0.25, 0.3) is 22.8 Å². The molecule has 0 bridgehead atoms. The Morgan fingerprint density at radius 3 is 2.70 bits per heavy atom. The molecule has 0 saturated carbocycles. The van der Waals surface area contributed by atoms with Crippen molar-refractivity contribution in [3.8, 4) is 22.8 Å². The first-order chi connectivity index (χ1) is 13.3. The molecule has 1 aromatic carbocycles. The summed E-state index contributed by atoms with van der Waals surface area (Å²) in [6.45, 7) is 4.08. The predicted molar refractivity (Wildman–Crippen MR) is 98.8 cm³/mol. The monoisotopic (exact) mass is 359 g/mol. The van der Waals surface area contributed by atoms with Gasteiger partial charge in [0.15, 0.2) is 17.5 Å². The highest BCUT2D eigenvalue weighted by atomic mass is 16.5. The average Bonchev–Trinajstić information content (AvgIpc) is 3.34. The number of benzene rings is 1. The van der Waals surface area contributed by atoms with Crippen LogP contribution >= 0.6 is 0 Å². The van der Waals surface area contributed by atoms with E-state index < -0.39 is 0 Å². The summed E-state index contributed by atoms with van der Waals surface area (Å²) in [6, 6.07) is 14.0. The Morgan fingerprint density at radius 1 is 1.00 bits per heavy atom. The molecule has 0 amide bonds. The van der Waals surface area contributed by atoms with Gasteiger partial charge in [-0.3, -0.25) is 0 Å². The fraction of sp³-hybridized carbons (Fsp3) is 0.211. The van der Waals surface area contributed by atoms with E-state index in [9.17, 15) is 0 Å². The topological polar surface area (TPSA) is 85.8 Å². The normalized spacial score (nSPS) is 13.6. The Balaban J connectivity index is 1.43. The zero-order chi connectivity index (χ0) is 18.2. The number of aryl methyl sites for hydroxylation is 1. The minimum atomic E-state index is 0.502. The summed E-state index contributed by atoms with van der Waals surface area (Å²) in [7, 11) is 0. The maximum Gasteiger partial charge on any atom is 0.258 e. The summed E-state index contributed by atoms with van der Waals surface area (Å²) >= 11 is 0. The molecule has 0 N–H and O–H groups in total. The average molecular weight is 359 g/mol. The lowest BCUT2D eigenvalue weighted by Crippen LogP contribution is -2.34. The summed E-state index contributed by atoms with van der Waals surface area (Å²) in [5.41, 5.74) is 1.94. The lowest BCUT2D eigenvalue weighted by molar-refractivity contribution is 0.425. The van der Waals surface area contributed by atoms with Gasteiger partial charge in [0.25, 0.3) is 5.89 Å². The van der Waals surface area contributed by atoms with Crippen LogP contribution in [0.2, 0.25) is 0 Å². The molecule has 4 heterocycles. The van der Waals surface area contributed by atoms with Crippen molar-refractivity contribution in [2.24, 2.45) is 0 Å². The number of aromatic nitrogens is 6.